The van der Waals surface area contributed by atoms with Crippen LogP contribution in [0.5, 0.6) is 0 Å². The Labute approximate surface area is 162 Å². The Balaban J connectivity index is 1.73. The van der Waals surface area contributed by atoms with Crippen LogP contribution >= 0.6 is 11.3 Å². The largest absolute Gasteiger partial charge is 0.351 e. The van der Waals surface area contributed by atoms with E-state index in [1.54, 1.807) is 11.3 Å². The van der Waals surface area contributed by atoms with E-state index < -0.39 is 5.54 Å². The lowest BCUT2D eigenvalue weighted by Crippen LogP contribution is -2.50. The second kappa shape index (κ2) is 6.02. The third-order valence-electron chi connectivity index (χ3n) is 6.15. The minimum absolute atomic E-state index is 0.227. The molecule has 3 aromatic rings. The number of thiazole rings is 1. The number of urea groups is 1. The van der Waals surface area contributed by atoms with Crippen molar-refractivity contribution in [3.8, 4) is 0 Å². The number of aryl methyl sites for hydroxylation is 2. The monoisotopic (exact) mass is 378 g/mol. The Morgan fingerprint density at radius 1 is 1.37 bits per heavy atom. The number of nitrogens with zero attached hydrogens (tertiary/aromatic N) is 3. The number of rotatable bonds is 2. The average molecular weight is 379 g/mol. The maximum Gasteiger partial charge on any atom is 0.315 e. The van der Waals surface area contributed by atoms with Crippen LogP contribution in [0, 0.1) is 6.92 Å². The van der Waals surface area contributed by atoms with Crippen LogP contribution in [0.3, 0.4) is 0 Å². The quantitative estimate of drug-likeness (QED) is 0.730. The summed E-state index contributed by atoms with van der Waals surface area (Å²) < 4.78 is 1.08. The maximum atomic E-state index is 12.4. The Kier molecular flexibility index (Phi) is 3.72. The summed E-state index contributed by atoms with van der Waals surface area (Å²) in [6, 6.07) is 10.4. The molecular weight excluding hydrogens is 356 g/mol. The first kappa shape index (κ1) is 16.7. The van der Waals surface area contributed by atoms with Crippen LogP contribution in [0.2, 0.25) is 0 Å². The number of benzene rings is 1. The lowest BCUT2D eigenvalue weighted by atomic mass is 9.78. The van der Waals surface area contributed by atoms with Gasteiger partial charge in [-0.2, -0.15) is 0 Å². The van der Waals surface area contributed by atoms with Gasteiger partial charge in [-0.15, -0.1) is 11.3 Å². The van der Waals surface area contributed by atoms with E-state index in [0.29, 0.717) is 6.54 Å². The number of carbonyl (C=O) groups is 1. The molecular formula is C21H22N4OS. The van der Waals surface area contributed by atoms with E-state index in [-0.39, 0.29) is 11.9 Å². The number of primary amides is 1. The molecule has 2 atom stereocenters. The Hall–Kier alpha value is -2.47. The van der Waals surface area contributed by atoms with E-state index in [2.05, 4.69) is 35.3 Å². The van der Waals surface area contributed by atoms with Crippen LogP contribution < -0.4 is 5.73 Å². The molecule has 1 aliphatic heterocycles. The number of hydrogen-bond acceptors (Lipinski definition) is 4. The summed E-state index contributed by atoms with van der Waals surface area (Å²) in [6.07, 6.45) is 5.75. The molecule has 27 heavy (non-hydrogen) atoms. The fraction of sp³-hybridized carbons (Fsp3) is 0.381. The van der Waals surface area contributed by atoms with Crippen molar-refractivity contribution < 1.29 is 4.79 Å². The van der Waals surface area contributed by atoms with E-state index in [0.717, 1.165) is 46.6 Å². The summed E-state index contributed by atoms with van der Waals surface area (Å²) in [5, 5.41) is 0.980. The molecule has 0 bridgehead atoms. The van der Waals surface area contributed by atoms with Gasteiger partial charge in [0.15, 0.2) is 5.65 Å². The highest BCUT2D eigenvalue weighted by molar-refractivity contribution is 7.18. The van der Waals surface area contributed by atoms with Gasteiger partial charge < -0.3 is 10.6 Å². The number of pyridine rings is 1. The molecule has 1 unspecified atom stereocenters. The zero-order valence-electron chi connectivity index (χ0n) is 15.3. The minimum Gasteiger partial charge on any atom is -0.351 e. The van der Waals surface area contributed by atoms with Crippen LogP contribution in [-0.4, -0.2) is 27.4 Å². The summed E-state index contributed by atoms with van der Waals surface area (Å²) in [6.45, 7) is 2.73. The van der Waals surface area contributed by atoms with E-state index >= 15 is 0 Å². The second-order valence-corrected chi connectivity index (χ2v) is 8.69. The van der Waals surface area contributed by atoms with Crippen molar-refractivity contribution in [2.45, 2.75) is 44.1 Å². The lowest BCUT2D eigenvalue weighted by molar-refractivity contribution is 0.128. The highest BCUT2D eigenvalue weighted by atomic mass is 32.1. The van der Waals surface area contributed by atoms with Crippen molar-refractivity contribution in [3.63, 3.8) is 0 Å². The minimum atomic E-state index is -0.461. The molecule has 0 spiro atoms. The van der Waals surface area contributed by atoms with Crippen LogP contribution in [0.4, 0.5) is 4.79 Å². The SMILES string of the molecule is Cc1cnc2nc(C3([C@@H]4CCc5ccccc54)CCCN3C(N)=O)sc2c1. The maximum absolute atomic E-state index is 12.4. The van der Waals surface area contributed by atoms with Gasteiger partial charge in [-0.05, 0) is 55.4 Å². The zero-order valence-corrected chi connectivity index (χ0v) is 16.1. The molecule has 1 saturated heterocycles. The molecule has 2 aliphatic rings. The molecule has 138 valence electrons. The standard InChI is InChI=1S/C21H22N4OS/c1-13-11-17-18(23-12-13)24-19(27-17)21(9-4-10-25(21)20(22)26)16-8-7-14-5-2-3-6-15(14)16/h2-3,5-6,11-12,16H,4,7-10H2,1H3,(H2,22,26)/t16-,21?/m1/s1. The third-order valence-corrected chi connectivity index (χ3v) is 7.31. The summed E-state index contributed by atoms with van der Waals surface area (Å²) in [5.41, 5.74) is 10.0. The molecule has 1 aromatic carbocycles. The Bertz CT molecular complexity index is 1050. The van der Waals surface area contributed by atoms with Crippen molar-refractivity contribution in [1.82, 2.24) is 14.9 Å². The van der Waals surface area contributed by atoms with Gasteiger partial charge in [0.05, 0.1) is 4.70 Å². The molecule has 0 radical (unpaired) electrons. The van der Waals surface area contributed by atoms with Crippen LogP contribution in [0.1, 0.15) is 46.9 Å². The summed E-state index contributed by atoms with van der Waals surface area (Å²) in [5.74, 6) is 0.227. The predicted octanol–water partition coefficient (Wildman–Crippen LogP) is 4.10. The molecule has 5 rings (SSSR count). The first-order valence-electron chi connectivity index (χ1n) is 9.48. The van der Waals surface area contributed by atoms with Crippen molar-refractivity contribution in [1.29, 1.82) is 0 Å². The molecule has 3 heterocycles. The highest BCUT2D eigenvalue weighted by Crippen LogP contribution is 2.55. The van der Waals surface area contributed by atoms with Gasteiger partial charge in [-0.3, -0.25) is 0 Å². The molecule has 2 aromatic heterocycles. The second-order valence-electron chi connectivity index (χ2n) is 7.66. The number of likely N-dealkylation sites (tertiary alicyclic amines) is 1. The van der Waals surface area contributed by atoms with Crippen molar-refractivity contribution in [3.05, 3.63) is 58.2 Å². The van der Waals surface area contributed by atoms with Crippen molar-refractivity contribution >= 4 is 27.7 Å². The Morgan fingerprint density at radius 2 is 2.22 bits per heavy atom. The van der Waals surface area contributed by atoms with Gasteiger partial charge in [0.2, 0.25) is 0 Å². The topological polar surface area (TPSA) is 72.1 Å². The number of nitrogens with two attached hydrogens (primary N) is 1. The molecule has 6 heteroatoms. The van der Waals surface area contributed by atoms with E-state index in [9.17, 15) is 4.79 Å². The first-order valence-corrected chi connectivity index (χ1v) is 10.3. The molecule has 2 N–H and O–H groups in total. The zero-order chi connectivity index (χ0) is 18.6. The van der Waals surface area contributed by atoms with Gasteiger partial charge in [0.25, 0.3) is 0 Å². The highest BCUT2D eigenvalue weighted by Gasteiger charge is 2.54. The smallest absolute Gasteiger partial charge is 0.315 e. The molecule has 1 fully saturated rings. The van der Waals surface area contributed by atoms with E-state index in [1.165, 1.54) is 11.1 Å². The van der Waals surface area contributed by atoms with Gasteiger partial charge >= 0.3 is 6.03 Å². The van der Waals surface area contributed by atoms with E-state index in [4.69, 9.17) is 10.7 Å². The summed E-state index contributed by atoms with van der Waals surface area (Å²) in [7, 11) is 0. The van der Waals surface area contributed by atoms with Crippen molar-refractivity contribution in [2.75, 3.05) is 6.54 Å². The van der Waals surface area contributed by atoms with Gasteiger partial charge in [0, 0.05) is 18.7 Å². The third kappa shape index (κ3) is 2.39. The van der Waals surface area contributed by atoms with Gasteiger partial charge in [-0.1, -0.05) is 24.3 Å². The summed E-state index contributed by atoms with van der Waals surface area (Å²) >= 11 is 1.67. The molecule has 2 amide bonds. The van der Waals surface area contributed by atoms with E-state index in [1.807, 2.05) is 18.0 Å². The number of amides is 2. The van der Waals surface area contributed by atoms with Gasteiger partial charge in [-0.25, -0.2) is 14.8 Å². The summed E-state index contributed by atoms with van der Waals surface area (Å²) in [4.78, 5) is 23.7. The Morgan fingerprint density at radius 3 is 3.07 bits per heavy atom. The van der Waals surface area contributed by atoms with Crippen LogP contribution in [0.25, 0.3) is 10.3 Å². The fourth-order valence-electron chi connectivity index (χ4n) is 5.04. The average Bonchev–Trinajstić information content (AvgIpc) is 3.37. The number of fused-ring (bicyclic) bond motifs is 2. The van der Waals surface area contributed by atoms with Crippen molar-refractivity contribution in [2.24, 2.45) is 5.73 Å². The number of aromatic nitrogens is 2. The van der Waals surface area contributed by atoms with Crippen LogP contribution in [0.15, 0.2) is 36.5 Å². The number of hydrogen-bond donors (Lipinski definition) is 1. The first-order chi connectivity index (χ1) is 13.1. The molecule has 1 aliphatic carbocycles. The molecule has 5 nitrogen and oxygen atoms in total. The van der Waals surface area contributed by atoms with Crippen LogP contribution in [-0.2, 0) is 12.0 Å². The molecule has 0 saturated carbocycles. The normalized spacial score (nSPS) is 24.5. The fourth-order valence-corrected chi connectivity index (χ4v) is 6.34. The van der Waals surface area contributed by atoms with Gasteiger partial charge in [0.1, 0.15) is 10.5 Å². The predicted molar refractivity (Wildman–Crippen MR) is 107 cm³/mol. The number of carbonyl (C=O) groups excluding carboxylic acids is 1. The lowest BCUT2D eigenvalue weighted by Gasteiger charge is -2.41.